The van der Waals surface area contributed by atoms with Crippen LogP contribution in [-0.4, -0.2) is 28.8 Å². The second-order valence-corrected chi connectivity index (χ2v) is 8.75. The standard InChI is InChI=1S/C21H21BNO2S/c1-20(2,24)21(3,4)25-22-14-7-5-13-6-8-15-17-12-23-10-9-18(17)26-19(15)16(13)11-14/h5-12,24H,1-4H3. The Morgan fingerprint density at radius 3 is 2.54 bits per heavy atom. The zero-order valence-electron chi connectivity index (χ0n) is 15.4. The lowest BCUT2D eigenvalue weighted by molar-refractivity contribution is -0.0893. The molecule has 26 heavy (non-hydrogen) atoms. The Labute approximate surface area is 157 Å². The Balaban J connectivity index is 1.77. The number of hydrogen-bond acceptors (Lipinski definition) is 4. The highest BCUT2D eigenvalue weighted by Gasteiger charge is 2.35. The van der Waals surface area contributed by atoms with Crippen LogP contribution in [0.5, 0.6) is 0 Å². The Morgan fingerprint density at radius 1 is 1.00 bits per heavy atom. The summed E-state index contributed by atoms with van der Waals surface area (Å²) in [4.78, 5) is 4.27. The van der Waals surface area contributed by atoms with E-state index in [4.69, 9.17) is 4.65 Å². The maximum Gasteiger partial charge on any atom is 0.330 e. The van der Waals surface area contributed by atoms with Gasteiger partial charge in [-0.05, 0) is 44.5 Å². The molecule has 1 N–H and O–H groups in total. The third-order valence-corrected chi connectivity index (χ3v) is 6.46. The number of aliphatic hydroxyl groups is 1. The monoisotopic (exact) mass is 362 g/mol. The Hall–Kier alpha value is -1.95. The molecule has 2 aromatic heterocycles. The van der Waals surface area contributed by atoms with Crippen molar-refractivity contribution in [1.29, 1.82) is 0 Å². The van der Waals surface area contributed by atoms with Crippen molar-refractivity contribution in [3.8, 4) is 0 Å². The van der Waals surface area contributed by atoms with E-state index >= 15 is 0 Å². The SMILES string of the molecule is CC(C)(O)C(C)(C)O[B]c1ccc2ccc3c4cnccc4sc3c2c1. The summed E-state index contributed by atoms with van der Waals surface area (Å²) < 4.78 is 8.43. The van der Waals surface area contributed by atoms with Crippen molar-refractivity contribution in [2.24, 2.45) is 0 Å². The van der Waals surface area contributed by atoms with Gasteiger partial charge in [-0.25, -0.2) is 0 Å². The van der Waals surface area contributed by atoms with Crippen molar-refractivity contribution in [2.45, 2.75) is 38.9 Å². The molecular formula is C21H21BNO2S. The van der Waals surface area contributed by atoms with Gasteiger partial charge in [-0.1, -0.05) is 35.8 Å². The molecule has 0 aliphatic carbocycles. The number of hydrogen-bond donors (Lipinski definition) is 1. The highest BCUT2D eigenvalue weighted by Crippen LogP contribution is 2.37. The molecule has 2 heterocycles. The first-order valence-corrected chi connectivity index (χ1v) is 9.50. The van der Waals surface area contributed by atoms with Gasteiger partial charge >= 0.3 is 7.48 Å². The average Bonchev–Trinajstić information content (AvgIpc) is 2.98. The predicted octanol–water partition coefficient (Wildman–Crippen LogP) is 4.41. The van der Waals surface area contributed by atoms with Crippen LogP contribution in [0.3, 0.4) is 0 Å². The predicted molar refractivity (Wildman–Crippen MR) is 111 cm³/mol. The van der Waals surface area contributed by atoms with Gasteiger partial charge < -0.3 is 9.76 Å². The highest BCUT2D eigenvalue weighted by molar-refractivity contribution is 7.26. The van der Waals surface area contributed by atoms with Gasteiger partial charge in [0.05, 0.1) is 11.2 Å². The molecule has 2 aromatic carbocycles. The minimum absolute atomic E-state index is 0.683. The molecule has 0 aliphatic rings. The van der Waals surface area contributed by atoms with Crippen LogP contribution < -0.4 is 5.46 Å². The van der Waals surface area contributed by atoms with E-state index in [0.717, 1.165) is 5.46 Å². The number of aromatic nitrogens is 1. The van der Waals surface area contributed by atoms with Crippen molar-refractivity contribution >= 4 is 55.2 Å². The van der Waals surface area contributed by atoms with Crippen molar-refractivity contribution in [3.05, 3.63) is 48.8 Å². The summed E-state index contributed by atoms with van der Waals surface area (Å²) in [5, 5.41) is 15.1. The molecule has 4 aromatic rings. The largest absolute Gasteiger partial charge is 0.427 e. The fourth-order valence-corrected chi connectivity index (χ4v) is 4.04. The van der Waals surface area contributed by atoms with Gasteiger partial charge in [0.2, 0.25) is 0 Å². The van der Waals surface area contributed by atoms with E-state index < -0.39 is 11.2 Å². The summed E-state index contributed by atoms with van der Waals surface area (Å²) >= 11 is 1.79. The van der Waals surface area contributed by atoms with Gasteiger partial charge in [-0.2, -0.15) is 0 Å². The lowest BCUT2D eigenvalue weighted by atomic mass is 9.82. The van der Waals surface area contributed by atoms with Crippen LogP contribution in [0.25, 0.3) is 30.9 Å². The quantitative estimate of drug-likeness (QED) is 0.547. The molecule has 0 spiro atoms. The van der Waals surface area contributed by atoms with E-state index in [9.17, 15) is 5.11 Å². The third kappa shape index (κ3) is 2.90. The number of fused-ring (bicyclic) bond motifs is 5. The average molecular weight is 362 g/mol. The van der Waals surface area contributed by atoms with Crippen LogP contribution in [0.1, 0.15) is 27.7 Å². The molecule has 3 nitrogen and oxygen atoms in total. The smallest absolute Gasteiger partial charge is 0.330 e. The minimum Gasteiger partial charge on any atom is -0.427 e. The Bertz CT molecular complexity index is 1110. The van der Waals surface area contributed by atoms with Gasteiger partial charge in [0.1, 0.15) is 0 Å². The van der Waals surface area contributed by atoms with E-state index in [-0.39, 0.29) is 0 Å². The second kappa shape index (κ2) is 6.05. The van der Waals surface area contributed by atoms with E-state index in [1.54, 1.807) is 32.7 Å². The van der Waals surface area contributed by atoms with E-state index in [0.29, 0.717) is 0 Å². The number of benzene rings is 2. The summed E-state index contributed by atoms with van der Waals surface area (Å²) in [7, 11) is 1.74. The molecule has 0 aliphatic heterocycles. The van der Waals surface area contributed by atoms with Gasteiger partial charge in [0.15, 0.2) is 0 Å². The minimum atomic E-state index is -0.938. The van der Waals surface area contributed by atoms with Gasteiger partial charge in [-0.15, -0.1) is 11.3 Å². The summed E-state index contributed by atoms with van der Waals surface area (Å²) in [6.07, 6.45) is 3.77. The maximum absolute atomic E-state index is 10.3. The van der Waals surface area contributed by atoms with Crippen molar-refractivity contribution < 1.29 is 9.76 Å². The number of rotatable bonds is 4. The van der Waals surface area contributed by atoms with E-state index in [2.05, 4.69) is 35.3 Å². The van der Waals surface area contributed by atoms with Gasteiger partial charge in [0, 0.05) is 32.6 Å². The maximum atomic E-state index is 10.3. The zero-order chi connectivity index (χ0) is 18.5. The molecule has 5 heteroatoms. The number of thiophene rings is 1. The van der Waals surface area contributed by atoms with Gasteiger partial charge in [0.25, 0.3) is 0 Å². The van der Waals surface area contributed by atoms with Crippen LogP contribution in [-0.2, 0) is 4.65 Å². The first-order valence-electron chi connectivity index (χ1n) is 8.69. The molecule has 1 radical (unpaired) electrons. The van der Waals surface area contributed by atoms with Gasteiger partial charge in [-0.3, -0.25) is 4.98 Å². The fourth-order valence-electron chi connectivity index (χ4n) is 2.85. The van der Waals surface area contributed by atoms with Crippen LogP contribution in [0.4, 0.5) is 0 Å². The second-order valence-electron chi connectivity index (χ2n) is 7.70. The Morgan fingerprint density at radius 2 is 1.77 bits per heavy atom. The summed E-state index contributed by atoms with van der Waals surface area (Å²) in [6.45, 7) is 7.30. The summed E-state index contributed by atoms with van der Waals surface area (Å²) in [5.74, 6) is 0. The summed E-state index contributed by atoms with van der Waals surface area (Å²) in [6, 6.07) is 12.7. The van der Waals surface area contributed by atoms with E-state index in [1.165, 1.54) is 30.9 Å². The normalized spacial score (nSPS) is 13.0. The lowest BCUT2D eigenvalue weighted by Crippen LogP contribution is -2.49. The fraction of sp³-hybridized carbons (Fsp3) is 0.286. The molecule has 0 saturated heterocycles. The zero-order valence-corrected chi connectivity index (χ0v) is 16.2. The molecule has 0 bridgehead atoms. The molecule has 0 atom stereocenters. The first kappa shape index (κ1) is 17.5. The van der Waals surface area contributed by atoms with Crippen LogP contribution in [0.15, 0.2) is 48.8 Å². The van der Waals surface area contributed by atoms with Crippen molar-refractivity contribution in [1.82, 2.24) is 4.98 Å². The van der Waals surface area contributed by atoms with Crippen molar-refractivity contribution in [3.63, 3.8) is 0 Å². The molecule has 0 fully saturated rings. The number of pyridine rings is 1. The molecule has 131 valence electrons. The molecule has 0 amide bonds. The van der Waals surface area contributed by atoms with Crippen LogP contribution in [0.2, 0.25) is 0 Å². The highest BCUT2D eigenvalue weighted by atomic mass is 32.1. The number of nitrogens with zero attached hydrogens (tertiary/aromatic N) is 1. The van der Waals surface area contributed by atoms with Crippen molar-refractivity contribution in [2.75, 3.05) is 0 Å². The van der Waals surface area contributed by atoms with Crippen LogP contribution >= 0.6 is 11.3 Å². The lowest BCUT2D eigenvalue weighted by Gasteiger charge is -2.37. The van der Waals surface area contributed by atoms with E-state index in [1.807, 2.05) is 32.3 Å². The first-order chi connectivity index (χ1) is 12.3. The molecular weight excluding hydrogens is 341 g/mol. The molecule has 0 saturated carbocycles. The molecule has 0 unspecified atom stereocenters. The Kier molecular flexibility index (Phi) is 4.06. The van der Waals surface area contributed by atoms with Crippen LogP contribution in [0, 0.1) is 0 Å². The molecule has 4 rings (SSSR count). The summed E-state index contributed by atoms with van der Waals surface area (Å²) in [5.41, 5.74) is -0.638. The third-order valence-electron chi connectivity index (χ3n) is 5.24. The topological polar surface area (TPSA) is 42.4 Å².